The van der Waals surface area contributed by atoms with E-state index in [0.717, 1.165) is 55.1 Å². The molecule has 1 aromatic carbocycles. The Balaban J connectivity index is 1.71. The summed E-state index contributed by atoms with van der Waals surface area (Å²) in [6.45, 7) is 9.72. The van der Waals surface area contributed by atoms with E-state index < -0.39 is 0 Å². The van der Waals surface area contributed by atoms with Gasteiger partial charge in [-0.3, -0.25) is 9.59 Å². The monoisotopic (exact) mass is 449 g/mol. The Morgan fingerprint density at radius 2 is 1.94 bits per heavy atom. The van der Waals surface area contributed by atoms with Crippen molar-refractivity contribution in [2.45, 2.75) is 65.1 Å². The van der Waals surface area contributed by atoms with Gasteiger partial charge in [0.2, 0.25) is 5.91 Å². The number of rotatable bonds is 5. The van der Waals surface area contributed by atoms with E-state index in [1.807, 2.05) is 48.2 Å². The summed E-state index contributed by atoms with van der Waals surface area (Å²) in [6.07, 6.45) is 2.72. The predicted octanol–water partition coefficient (Wildman–Crippen LogP) is 3.81. The highest BCUT2D eigenvalue weighted by Crippen LogP contribution is 2.43. The van der Waals surface area contributed by atoms with Crippen LogP contribution in [0.5, 0.6) is 0 Å². The summed E-state index contributed by atoms with van der Waals surface area (Å²) in [4.78, 5) is 32.3. The smallest absolute Gasteiger partial charge is 0.251 e. The third kappa shape index (κ3) is 4.88. The standard InChI is InChI=1S/C26H35N5O2/c1-5-22-17(3)25(30-24-8-6-7-16(2)28-24)21-15-19(9-10-23(21)31(22)18(4)32)26(33)29-20-11-13-27-14-12-20/h6-10,15,17,20,22,25,27H,5,11-14H2,1-4H3,(H,28,30)(H,29,33)/t17-,22-,25?/m0/s1. The molecule has 1 unspecified atom stereocenters. The minimum Gasteiger partial charge on any atom is -0.363 e. The molecule has 0 bridgehead atoms. The van der Waals surface area contributed by atoms with Gasteiger partial charge >= 0.3 is 0 Å². The van der Waals surface area contributed by atoms with Crippen LogP contribution < -0.4 is 20.9 Å². The molecule has 0 saturated carbocycles. The van der Waals surface area contributed by atoms with Crippen molar-refractivity contribution < 1.29 is 9.59 Å². The van der Waals surface area contributed by atoms with Gasteiger partial charge in [-0.25, -0.2) is 4.98 Å². The van der Waals surface area contributed by atoms with Crippen molar-refractivity contribution in [3.05, 3.63) is 53.2 Å². The molecule has 2 amide bonds. The van der Waals surface area contributed by atoms with Crippen molar-refractivity contribution in [3.8, 4) is 0 Å². The van der Waals surface area contributed by atoms with Crippen molar-refractivity contribution in [1.82, 2.24) is 15.6 Å². The molecule has 1 saturated heterocycles. The van der Waals surface area contributed by atoms with E-state index in [0.29, 0.717) is 5.56 Å². The largest absolute Gasteiger partial charge is 0.363 e. The van der Waals surface area contributed by atoms with Gasteiger partial charge in [0.15, 0.2) is 0 Å². The molecule has 1 fully saturated rings. The average molecular weight is 450 g/mol. The summed E-state index contributed by atoms with van der Waals surface area (Å²) in [7, 11) is 0. The van der Waals surface area contributed by atoms with Gasteiger partial charge in [-0.1, -0.05) is 19.9 Å². The van der Waals surface area contributed by atoms with Crippen LogP contribution in [-0.2, 0) is 4.79 Å². The van der Waals surface area contributed by atoms with Crippen LogP contribution in [0.4, 0.5) is 11.5 Å². The molecule has 7 heteroatoms. The first-order chi connectivity index (χ1) is 15.9. The van der Waals surface area contributed by atoms with E-state index in [-0.39, 0.29) is 35.9 Å². The van der Waals surface area contributed by atoms with E-state index >= 15 is 0 Å². The lowest BCUT2D eigenvalue weighted by molar-refractivity contribution is -0.117. The second-order valence-corrected chi connectivity index (χ2v) is 9.28. The van der Waals surface area contributed by atoms with Crippen molar-refractivity contribution in [3.63, 3.8) is 0 Å². The summed E-state index contributed by atoms with van der Waals surface area (Å²) < 4.78 is 0. The number of carbonyl (C=O) groups excluding carboxylic acids is 2. The Bertz CT molecular complexity index is 1020. The van der Waals surface area contributed by atoms with Crippen LogP contribution in [0.25, 0.3) is 0 Å². The molecule has 2 aromatic rings. The van der Waals surface area contributed by atoms with Crippen LogP contribution in [0.3, 0.4) is 0 Å². The Hall–Kier alpha value is -2.93. The number of piperidine rings is 1. The van der Waals surface area contributed by atoms with Crippen molar-refractivity contribution in [2.24, 2.45) is 5.92 Å². The number of aryl methyl sites for hydroxylation is 1. The van der Waals surface area contributed by atoms with Crippen molar-refractivity contribution >= 4 is 23.3 Å². The molecule has 0 spiro atoms. The molecule has 3 heterocycles. The molecule has 1 aromatic heterocycles. The van der Waals surface area contributed by atoms with Gasteiger partial charge in [0, 0.05) is 41.9 Å². The Morgan fingerprint density at radius 3 is 2.61 bits per heavy atom. The van der Waals surface area contributed by atoms with E-state index in [9.17, 15) is 9.59 Å². The first kappa shape index (κ1) is 23.2. The molecular formula is C26H35N5O2. The van der Waals surface area contributed by atoms with Gasteiger partial charge in [-0.2, -0.15) is 0 Å². The van der Waals surface area contributed by atoms with Gasteiger partial charge in [0.1, 0.15) is 5.82 Å². The third-order valence-electron chi connectivity index (χ3n) is 6.97. The fourth-order valence-electron chi connectivity index (χ4n) is 5.27. The van der Waals surface area contributed by atoms with E-state index in [1.165, 1.54) is 0 Å². The van der Waals surface area contributed by atoms with Gasteiger partial charge in [0.05, 0.1) is 6.04 Å². The van der Waals surface area contributed by atoms with Crippen LogP contribution in [0, 0.1) is 12.8 Å². The summed E-state index contributed by atoms with van der Waals surface area (Å²) in [5, 5.41) is 10.1. The summed E-state index contributed by atoms with van der Waals surface area (Å²) in [5.74, 6) is 0.899. The SMILES string of the molecule is CC[C@H]1[C@H](C)C(Nc2cccc(C)n2)c2cc(C(=O)NC3CCNCC3)ccc2N1C(C)=O. The van der Waals surface area contributed by atoms with Gasteiger partial charge in [-0.15, -0.1) is 0 Å². The first-order valence-corrected chi connectivity index (χ1v) is 12.0. The quantitative estimate of drug-likeness (QED) is 0.646. The number of benzene rings is 1. The fraction of sp³-hybridized carbons (Fsp3) is 0.500. The van der Waals surface area contributed by atoms with Crippen LogP contribution in [-0.4, -0.2) is 42.0 Å². The molecule has 0 radical (unpaired) electrons. The average Bonchev–Trinajstić information content (AvgIpc) is 2.80. The lowest BCUT2D eigenvalue weighted by Crippen LogP contribution is -2.50. The predicted molar refractivity (Wildman–Crippen MR) is 132 cm³/mol. The fourth-order valence-corrected chi connectivity index (χ4v) is 5.27. The molecule has 4 rings (SSSR count). The van der Waals surface area contributed by atoms with Crippen molar-refractivity contribution in [1.29, 1.82) is 0 Å². The molecule has 0 aliphatic carbocycles. The Kier molecular flexibility index (Phi) is 6.98. The summed E-state index contributed by atoms with van der Waals surface area (Å²) in [6, 6.07) is 11.8. The highest BCUT2D eigenvalue weighted by atomic mass is 16.2. The topological polar surface area (TPSA) is 86.4 Å². The normalized spacial score (nSPS) is 23.0. The lowest BCUT2D eigenvalue weighted by atomic mass is 9.80. The third-order valence-corrected chi connectivity index (χ3v) is 6.97. The number of nitrogens with one attached hydrogen (secondary N) is 3. The maximum absolute atomic E-state index is 13.1. The molecule has 33 heavy (non-hydrogen) atoms. The zero-order chi connectivity index (χ0) is 23.5. The minimum atomic E-state index is -0.0681. The van der Waals surface area contributed by atoms with E-state index in [4.69, 9.17) is 0 Å². The molecule has 3 N–H and O–H groups in total. The minimum absolute atomic E-state index is 0.0222. The number of nitrogens with zero attached hydrogens (tertiary/aromatic N) is 2. The molecule has 2 aliphatic heterocycles. The molecular weight excluding hydrogens is 414 g/mol. The lowest BCUT2D eigenvalue weighted by Gasteiger charge is -2.45. The number of hydrogen-bond acceptors (Lipinski definition) is 5. The molecule has 3 atom stereocenters. The zero-order valence-corrected chi connectivity index (χ0v) is 20.0. The first-order valence-electron chi connectivity index (χ1n) is 12.0. The van der Waals surface area contributed by atoms with Gasteiger partial charge in [0.25, 0.3) is 5.91 Å². The maximum Gasteiger partial charge on any atom is 0.251 e. The maximum atomic E-state index is 13.1. The zero-order valence-electron chi connectivity index (χ0n) is 20.0. The highest BCUT2D eigenvalue weighted by Gasteiger charge is 2.40. The number of pyridine rings is 1. The van der Waals surface area contributed by atoms with Crippen LogP contribution in [0.15, 0.2) is 36.4 Å². The Labute approximate surface area is 196 Å². The number of anilines is 2. The second-order valence-electron chi connectivity index (χ2n) is 9.28. The molecule has 2 aliphatic rings. The number of hydrogen-bond donors (Lipinski definition) is 3. The Morgan fingerprint density at radius 1 is 1.18 bits per heavy atom. The van der Waals surface area contributed by atoms with Crippen LogP contribution in [0.2, 0.25) is 0 Å². The van der Waals surface area contributed by atoms with Crippen molar-refractivity contribution in [2.75, 3.05) is 23.3 Å². The number of carbonyl (C=O) groups is 2. The number of fused-ring (bicyclic) bond motifs is 1. The molecule has 7 nitrogen and oxygen atoms in total. The van der Waals surface area contributed by atoms with Gasteiger partial charge in [-0.05, 0) is 75.2 Å². The second kappa shape index (κ2) is 9.91. The number of amides is 2. The molecule has 176 valence electrons. The van der Waals surface area contributed by atoms with Crippen LogP contribution >= 0.6 is 0 Å². The van der Waals surface area contributed by atoms with E-state index in [2.05, 4.69) is 34.8 Å². The van der Waals surface area contributed by atoms with E-state index in [1.54, 1.807) is 6.92 Å². The number of aromatic nitrogens is 1. The van der Waals surface area contributed by atoms with Crippen LogP contribution in [0.1, 0.15) is 67.7 Å². The van der Waals surface area contributed by atoms with Gasteiger partial charge < -0.3 is 20.9 Å². The summed E-state index contributed by atoms with van der Waals surface area (Å²) in [5.41, 5.74) is 3.40. The summed E-state index contributed by atoms with van der Waals surface area (Å²) >= 11 is 0. The highest BCUT2D eigenvalue weighted by molar-refractivity contribution is 5.98.